The zero-order valence-corrected chi connectivity index (χ0v) is 21.8. The first kappa shape index (κ1) is 25.7. The number of hydrogen-bond donors (Lipinski definition) is 4. The number of aliphatic hydroxyl groups is 2. The van der Waals surface area contributed by atoms with Gasteiger partial charge in [0, 0.05) is 26.2 Å². The summed E-state index contributed by atoms with van der Waals surface area (Å²) >= 11 is 0. The number of amides is 1. The number of aryl methyl sites for hydroxylation is 1. The number of anilines is 4. The largest absolute Gasteiger partial charge is 0.394 e. The highest BCUT2D eigenvalue weighted by Gasteiger charge is 2.45. The molecule has 37 heavy (non-hydrogen) atoms. The highest BCUT2D eigenvalue weighted by molar-refractivity contribution is 6.07. The van der Waals surface area contributed by atoms with Gasteiger partial charge in [0.15, 0.2) is 0 Å². The molecule has 2 aliphatic heterocycles. The van der Waals surface area contributed by atoms with Crippen LogP contribution in [0.25, 0.3) is 0 Å². The molecule has 0 radical (unpaired) electrons. The molecule has 2 aromatic heterocycles. The first-order chi connectivity index (χ1) is 17.8. The molecule has 1 saturated carbocycles. The first-order valence-corrected chi connectivity index (χ1v) is 13.2. The van der Waals surface area contributed by atoms with Gasteiger partial charge >= 0.3 is 0 Å². The Morgan fingerprint density at radius 3 is 2.35 bits per heavy atom. The Morgan fingerprint density at radius 2 is 1.70 bits per heavy atom. The smallest absolute Gasteiger partial charge is 0.260 e. The van der Waals surface area contributed by atoms with E-state index in [1.54, 1.807) is 19.1 Å². The third-order valence-electron chi connectivity index (χ3n) is 7.86. The monoisotopic (exact) mass is 510 g/mol. The minimum Gasteiger partial charge on any atom is -0.394 e. The van der Waals surface area contributed by atoms with Crippen molar-refractivity contribution in [3.05, 3.63) is 35.4 Å². The minimum absolute atomic E-state index is 0.251. The highest BCUT2D eigenvalue weighted by Crippen LogP contribution is 2.54. The van der Waals surface area contributed by atoms with E-state index in [-0.39, 0.29) is 19.1 Å². The van der Waals surface area contributed by atoms with Gasteiger partial charge in [0.1, 0.15) is 23.3 Å². The van der Waals surface area contributed by atoms with Crippen LogP contribution in [0.4, 0.5) is 23.3 Å². The SMILES string of the molecule is Cc1cc(NC(=O)c2ccc(NC(C)(CO)CO)nc2N2CCC3(CC2)CC3)nc(N2CCOCC2)c1. The Morgan fingerprint density at radius 1 is 1.00 bits per heavy atom. The van der Waals surface area contributed by atoms with E-state index in [2.05, 4.69) is 20.4 Å². The van der Waals surface area contributed by atoms with Gasteiger partial charge in [-0.25, -0.2) is 9.97 Å². The van der Waals surface area contributed by atoms with Crippen molar-refractivity contribution in [1.29, 1.82) is 0 Å². The maximum absolute atomic E-state index is 13.6. The number of hydrogen-bond acceptors (Lipinski definition) is 9. The second-order valence-electron chi connectivity index (χ2n) is 11.0. The quantitative estimate of drug-likeness (QED) is 0.424. The molecule has 200 valence electrons. The van der Waals surface area contributed by atoms with Crippen molar-refractivity contribution in [3.8, 4) is 0 Å². The number of rotatable bonds is 8. The predicted octanol–water partition coefficient (Wildman–Crippen LogP) is 2.41. The van der Waals surface area contributed by atoms with Gasteiger partial charge < -0.3 is 35.4 Å². The molecule has 4 heterocycles. The summed E-state index contributed by atoms with van der Waals surface area (Å²) in [5.74, 6) is 2.18. The second kappa shape index (κ2) is 10.4. The number of morpholine rings is 1. The van der Waals surface area contributed by atoms with Gasteiger partial charge in [0.2, 0.25) is 0 Å². The molecule has 5 rings (SSSR count). The van der Waals surface area contributed by atoms with Crippen molar-refractivity contribution in [2.75, 3.05) is 73.0 Å². The summed E-state index contributed by atoms with van der Waals surface area (Å²) in [5, 5.41) is 25.6. The van der Waals surface area contributed by atoms with Crippen LogP contribution in [-0.4, -0.2) is 84.2 Å². The molecule has 1 spiro atoms. The van der Waals surface area contributed by atoms with E-state index in [1.165, 1.54) is 12.8 Å². The summed E-state index contributed by atoms with van der Waals surface area (Å²) < 4.78 is 5.46. The van der Waals surface area contributed by atoms with E-state index in [1.807, 2.05) is 19.1 Å². The molecule has 0 aromatic carbocycles. The Kier molecular flexibility index (Phi) is 7.24. The highest BCUT2D eigenvalue weighted by atomic mass is 16.5. The van der Waals surface area contributed by atoms with Crippen LogP contribution in [0, 0.1) is 12.3 Å². The van der Waals surface area contributed by atoms with E-state index >= 15 is 0 Å². The summed E-state index contributed by atoms with van der Waals surface area (Å²) in [4.78, 5) is 27.4. The number of carbonyl (C=O) groups excluding carboxylic acids is 1. The zero-order valence-electron chi connectivity index (χ0n) is 21.8. The van der Waals surface area contributed by atoms with E-state index in [0.717, 1.165) is 50.4 Å². The fraction of sp³-hybridized carbons (Fsp3) is 0.593. The molecule has 0 bridgehead atoms. The van der Waals surface area contributed by atoms with Crippen LogP contribution >= 0.6 is 0 Å². The lowest BCUT2D eigenvalue weighted by molar-refractivity contribution is 0.102. The van der Waals surface area contributed by atoms with Gasteiger partial charge in [-0.1, -0.05) is 0 Å². The predicted molar refractivity (Wildman–Crippen MR) is 144 cm³/mol. The number of piperidine rings is 1. The van der Waals surface area contributed by atoms with E-state index in [0.29, 0.717) is 41.6 Å². The Bertz CT molecular complexity index is 1120. The Labute approximate surface area is 218 Å². The average Bonchev–Trinajstić information content (AvgIpc) is 3.67. The second-order valence-corrected chi connectivity index (χ2v) is 11.0. The van der Waals surface area contributed by atoms with Gasteiger partial charge in [-0.15, -0.1) is 0 Å². The number of carbonyl (C=O) groups is 1. The number of ether oxygens (including phenoxy) is 1. The maximum Gasteiger partial charge on any atom is 0.260 e. The molecule has 2 saturated heterocycles. The molecule has 3 fully saturated rings. The van der Waals surface area contributed by atoms with Crippen molar-refractivity contribution < 1.29 is 19.7 Å². The molecule has 4 N–H and O–H groups in total. The van der Waals surface area contributed by atoms with Crippen LogP contribution in [-0.2, 0) is 4.74 Å². The van der Waals surface area contributed by atoms with Crippen molar-refractivity contribution in [2.24, 2.45) is 5.41 Å². The third-order valence-corrected chi connectivity index (χ3v) is 7.86. The van der Waals surface area contributed by atoms with Gasteiger partial charge in [-0.05, 0) is 74.8 Å². The first-order valence-electron chi connectivity index (χ1n) is 13.2. The van der Waals surface area contributed by atoms with Gasteiger partial charge in [0.25, 0.3) is 5.91 Å². The van der Waals surface area contributed by atoms with Gasteiger partial charge in [0.05, 0.1) is 37.5 Å². The average molecular weight is 511 g/mol. The molecular weight excluding hydrogens is 472 g/mol. The molecule has 0 atom stereocenters. The van der Waals surface area contributed by atoms with Crippen molar-refractivity contribution in [3.63, 3.8) is 0 Å². The van der Waals surface area contributed by atoms with Crippen molar-refractivity contribution in [1.82, 2.24) is 9.97 Å². The van der Waals surface area contributed by atoms with Crippen LogP contribution < -0.4 is 20.4 Å². The van der Waals surface area contributed by atoms with E-state index in [4.69, 9.17) is 14.7 Å². The number of pyridine rings is 2. The van der Waals surface area contributed by atoms with E-state index in [9.17, 15) is 15.0 Å². The summed E-state index contributed by atoms with van der Waals surface area (Å²) in [5.41, 5.74) is 1.06. The summed E-state index contributed by atoms with van der Waals surface area (Å²) in [6, 6.07) is 7.37. The lowest BCUT2D eigenvalue weighted by Gasteiger charge is -2.34. The van der Waals surface area contributed by atoms with Crippen LogP contribution in [0.2, 0.25) is 0 Å². The molecule has 1 aliphatic carbocycles. The Balaban J connectivity index is 1.40. The number of nitrogens with zero attached hydrogens (tertiary/aromatic N) is 4. The number of nitrogens with one attached hydrogen (secondary N) is 2. The van der Waals surface area contributed by atoms with Crippen molar-refractivity contribution in [2.45, 2.75) is 45.1 Å². The molecule has 10 nitrogen and oxygen atoms in total. The zero-order chi connectivity index (χ0) is 26.0. The molecule has 0 unspecified atom stereocenters. The lowest BCUT2D eigenvalue weighted by atomic mass is 9.93. The van der Waals surface area contributed by atoms with Crippen LogP contribution in [0.5, 0.6) is 0 Å². The maximum atomic E-state index is 13.6. The van der Waals surface area contributed by atoms with E-state index < -0.39 is 5.54 Å². The molecule has 3 aliphatic rings. The van der Waals surface area contributed by atoms with Gasteiger partial charge in [-0.2, -0.15) is 0 Å². The normalized spacial score (nSPS) is 19.1. The molecule has 2 aromatic rings. The minimum atomic E-state index is -0.921. The lowest BCUT2D eigenvalue weighted by Crippen LogP contribution is -2.43. The summed E-state index contributed by atoms with van der Waals surface area (Å²) in [6.07, 6.45) is 4.78. The fourth-order valence-electron chi connectivity index (χ4n) is 5.10. The van der Waals surface area contributed by atoms with Crippen LogP contribution in [0.15, 0.2) is 24.3 Å². The fourth-order valence-corrected chi connectivity index (χ4v) is 5.10. The summed E-state index contributed by atoms with van der Waals surface area (Å²) in [6.45, 7) is 7.77. The third kappa shape index (κ3) is 5.81. The molecule has 1 amide bonds. The molecular formula is C27H38N6O4. The van der Waals surface area contributed by atoms with Crippen LogP contribution in [0.1, 0.15) is 48.5 Å². The topological polar surface area (TPSA) is 123 Å². The summed E-state index contributed by atoms with van der Waals surface area (Å²) in [7, 11) is 0. The molecule has 10 heteroatoms. The van der Waals surface area contributed by atoms with Crippen LogP contribution in [0.3, 0.4) is 0 Å². The van der Waals surface area contributed by atoms with Crippen molar-refractivity contribution >= 4 is 29.2 Å². The van der Waals surface area contributed by atoms with Gasteiger partial charge in [-0.3, -0.25) is 4.79 Å². The standard InChI is InChI=1S/C27H38N6O4/c1-19-15-22(28-23(16-19)32-11-13-37-14-12-32)30-25(36)20-3-4-21(31-26(2,17-34)18-35)29-24(20)33-9-7-27(5-6-27)8-10-33/h3-4,15-16,34-35H,5-14,17-18H2,1-2H3,(H,29,31)(H,28,30,36). The Hall–Kier alpha value is -2.95. The number of aromatic nitrogens is 2. The number of aliphatic hydroxyl groups excluding tert-OH is 2.